The highest BCUT2D eigenvalue weighted by Gasteiger charge is 2.17. The molecular formula is C14H14BrNO2. The van der Waals surface area contributed by atoms with Crippen LogP contribution in [0.2, 0.25) is 0 Å². The first-order valence-electron chi connectivity index (χ1n) is 5.70. The first-order valence-corrected chi connectivity index (χ1v) is 6.49. The molecule has 4 heteroatoms. The van der Waals surface area contributed by atoms with Crippen LogP contribution < -0.4 is 0 Å². The lowest BCUT2D eigenvalue weighted by Crippen LogP contribution is -1.98. The summed E-state index contributed by atoms with van der Waals surface area (Å²) < 4.78 is 2.81. The standard InChI is InChI=1S/C14H14BrNO2/c1-9(2)16-7-11(12(8-16)14(17)18)10-5-3-4-6-13(10)15/h3-9H,1-2H3,(H,17,18). The largest absolute Gasteiger partial charge is 0.478 e. The Morgan fingerprint density at radius 1 is 1.22 bits per heavy atom. The molecule has 0 spiro atoms. The van der Waals surface area contributed by atoms with Crippen molar-refractivity contribution < 1.29 is 9.90 Å². The normalized spacial score (nSPS) is 10.9. The monoisotopic (exact) mass is 307 g/mol. The van der Waals surface area contributed by atoms with Crippen molar-refractivity contribution >= 4 is 21.9 Å². The fraction of sp³-hybridized carbons (Fsp3) is 0.214. The third-order valence-electron chi connectivity index (χ3n) is 2.84. The number of rotatable bonds is 3. The van der Waals surface area contributed by atoms with Gasteiger partial charge < -0.3 is 9.67 Å². The average Bonchev–Trinajstić information content (AvgIpc) is 2.74. The van der Waals surface area contributed by atoms with Crippen LogP contribution in [0.5, 0.6) is 0 Å². The average molecular weight is 308 g/mol. The minimum Gasteiger partial charge on any atom is -0.478 e. The number of benzene rings is 1. The summed E-state index contributed by atoms with van der Waals surface area (Å²) in [5.74, 6) is -0.903. The molecule has 1 aromatic heterocycles. The summed E-state index contributed by atoms with van der Waals surface area (Å²) in [5, 5.41) is 9.28. The van der Waals surface area contributed by atoms with Crippen LogP contribution in [0, 0.1) is 0 Å². The van der Waals surface area contributed by atoms with E-state index in [1.807, 2.05) is 48.9 Å². The maximum Gasteiger partial charge on any atom is 0.337 e. The minimum atomic E-state index is -0.903. The van der Waals surface area contributed by atoms with Gasteiger partial charge in [0.25, 0.3) is 0 Å². The third kappa shape index (κ3) is 2.34. The molecule has 18 heavy (non-hydrogen) atoms. The lowest BCUT2D eigenvalue weighted by Gasteiger charge is -2.05. The number of carboxylic acid groups (broad SMARTS) is 1. The summed E-state index contributed by atoms with van der Waals surface area (Å²) in [5.41, 5.74) is 1.97. The third-order valence-corrected chi connectivity index (χ3v) is 3.53. The Morgan fingerprint density at radius 2 is 1.89 bits per heavy atom. The van der Waals surface area contributed by atoms with Gasteiger partial charge in [-0.1, -0.05) is 34.1 Å². The Hall–Kier alpha value is -1.55. The summed E-state index contributed by atoms with van der Waals surface area (Å²) in [6.07, 6.45) is 3.57. The van der Waals surface area contributed by atoms with Crippen molar-refractivity contribution in [1.29, 1.82) is 0 Å². The molecule has 0 unspecified atom stereocenters. The number of aromatic nitrogens is 1. The maximum atomic E-state index is 11.3. The molecule has 0 saturated heterocycles. The van der Waals surface area contributed by atoms with Crippen LogP contribution in [0.1, 0.15) is 30.2 Å². The Labute approximate surface area is 114 Å². The lowest BCUT2D eigenvalue weighted by atomic mass is 10.1. The fourth-order valence-corrected chi connectivity index (χ4v) is 2.34. The predicted octanol–water partition coefficient (Wildman–Crippen LogP) is 4.20. The SMILES string of the molecule is CC(C)n1cc(C(=O)O)c(-c2ccccc2Br)c1. The highest BCUT2D eigenvalue weighted by Crippen LogP contribution is 2.32. The van der Waals surface area contributed by atoms with Crippen molar-refractivity contribution in [2.45, 2.75) is 19.9 Å². The van der Waals surface area contributed by atoms with Crippen molar-refractivity contribution in [2.24, 2.45) is 0 Å². The number of halogens is 1. The summed E-state index contributed by atoms with van der Waals surface area (Å²) in [4.78, 5) is 11.3. The quantitative estimate of drug-likeness (QED) is 0.923. The van der Waals surface area contributed by atoms with Gasteiger partial charge in [0.1, 0.15) is 0 Å². The van der Waals surface area contributed by atoms with E-state index in [4.69, 9.17) is 0 Å². The van der Waals surface area contributed by atoms with E-state index < -0.39 is 5.97 Å². The van der Waals surface area contributed by atoms with Gasteiger partial charge in [0, 0.05) is 28.5 Å². The Morgan fingerprint density at radius 3 is 2.44 bits per heavy atom. The molecule has 2 rings (SSSR count). The molecule has 0 saturated carbocycles. The van der Waals surface area contributed by atoms with Crippen molar-refractivity contribution in [1.82, 2.24) is 4.57 Å². The zero-order valence-corrected chi connectivity index (χ0v) is 11.8. The molecule has 0 radical (unpaired) electrons. The molecule has 0 aliphatic carbocycles. The Kier molecular flexibility index (Phi) is 3.57. The first-order chi connectivity index (χ1) is 8.50. The van der Waals surface area contributed by atoms with Gasteiger partial charge in [-0.25, -0.2) is 4.79 Å². The summed E-state index contributed by atoms with van der Waals surface area (Å²) in [6.45, 7) is 4.05. The molecule has 3 nitrogen and oxygen atoms in total. The second kappa shape index (κ2) is 4.98. The molecule has 94 valence electrons. The molecule has 2 aromatic rings. The van der Waals surface area contributed by atoms with Crippen LogP contribution >= 0.6 is 15.9 Å². The molecule has 0 amide bonds. The second-order valence-electron chi connectivity index (χ2n) is 4.41. The number of hydrogen-bond acceptors (Lipinski definition) is 1. The Bertz CT molecular complexity index is 587. The van der Waals surface area contributed by atoms with E-state index in [0.717, 1.165) is 15.6 Å². The molecule has 0 bridgehead atoms. The van der Waals surface area contributed by atoms with Crippen LogP contribution in [0.25, 0.3) is 11.1 Å². The topological polar surface area (TPSA) is 42.2 Å². The highest BCUT2D eigenvalue weighted by molar-refractivity contribution is 9.10. The first kappa shape index (κ1) is 12.9. The molecular weight excluding hydrogens is 294 g/mol. The van der Waals surface area contributed by atoms with E-state index in [2.05, 4.69) is 15.9 Å². The smallest absolute Gasteiger partial charge is 0.337 e. The van der Waals surface area contributed by atoms with Crippen molar-refractivity contribution in [2.75, 3.05) is 0 Å². The molecule has 0 fully saturated rings. The number of carbonyl (C=O) groups is 1. The van der Waals surface area contributed by atoms with E-state index in [-0.39, 0.29) is 6.04 Å². The maximum absolute atomic E-state index is 11.3. The van der Waals surface area contributed by atoms with E-state index in [1.54, 1.807) is 6.20 Å². The van der Waals surface area contributed by atoms with Gasteiger partial charge in [-0.15, -0.1) is 0 Å². The van der Waals surface area contributed by atoms with Gasteiger partial charge in [-0.3, -0.25) is 0 Å². The summed E-state index contributed by atoms with van der Waals surface area (Å²) in [7, 11) is 0. The van der Waals surface area contributed by atoms with Gasteiger partial charge in [0.05, 0.1) is 5.56 Å². The van der Waals surface area contributed by atoms with Gasteiger partial charge in [-0.2, -0.15) is 0 Å². The Balaban J connectivity index is 2.63. The number of carboxylic acids is 1. The van der Waals surface area contributed by atoms with Crippen LogP contribution in [0.15, 0.2) is 41.1 Å². The molecule has 1 aromatic carbocycles. The summed E-state index contributed by atoms with van der Waals surface area (Å²) >= 11 is 3.46. The van der Waals surface area contributed by atoms with Crippen LogP contribution in [-0.4, -0.2) is 15.6 Å². The van der Waals surface area contributed by atoms with E-state index >= 15 is 0 Å². The molecule has 1 heterocycles. The van der Waals surface area contributed by atoms with Gasteiger partial charge in [-0.05, 0) is 25.5 Å². The van der Waals surface area contributed by atoms with E-state index in [0.29, 0.717) is 5.56 Å². The van der Waals surface area contributed by atoms with E-state index in [1.165, 1.54) is 0 Å². The van der Waals surface area contributed by atoms with Gasteiger partial charge >= 0.3 is 5.97 Å². The van der Waals surface area contributed by atoms with Crippen LogP contribution in [-0.2, 0) is 0 Å². The second-order valence-corrected chi connectivity index (χ2v) is 5.27. The molecule has 1 N–H and O–H groups in total. The van der Waals surface area contributed by atoms with Crippen molar-refractivity contribution in [3.05, 3.63) is 46.7 Å². The van der Waals surface area contributed by atoms with Crippen molar-refractivity contribution in [3.8, 4) is 11.1 Å². The predicted molar refractivity (Wildman–Crippen MR) is 74.9 cm³/mol. The van der Waals surface area contributed by atoms with E-state index in [9.17, 15) is 9.90 Å². The fourth-order valence-electron chi connectivity index (χ4n) is 1.84. The van der Waals surface area contributed by atoms with Crippen molar-refractivity contribution in [3.63, 3.8) is 0 Å². The summed E-state index contributed by atoms with van der Waals surface area (Å²) in [6, 6.07) is 7.87. The van der Waals surface area contributed by atoms with Gasteiger partial charge in [0.2, 0.25) is 0 Å². The molecule has 0 aliphatic rings. The minimum absolute atomic E-state index is 0.235. The van der Waals surface area contributed by atoms with Crippen LogP contribution in [0.3, 0.4) is 0 Å². The molecule has 0 aliphatic heterocycles. The zero-order valence-electron chi connectivity index (χ0n) is 10.2. The molecule has 0 atom stereocenters. The highest BCUT2D eigenvalue weighted by atomic mass is 79.9. The lowest BCUT2D eigenvalue weighted by molar-refractivity contribution is 0.0697. The number of hydrogen-bond donors (Lipinski definition) is 1. The number of aromatic carboxylic acids is 1. The number of nitrogens with zero attached hydrogens (tertiary/aromatic N) is 1. The zero-order chi connectivity index (χ0) is 13.3. The van der Waals surface area contributed by atoms with Gasteiger partial charge in [0.15, 0.2) is 0 Å². The van der Waals surface area contributed by atoms with Crippen LogP contribution in [0.4, 0.5) is 0 Å².